The first-order valence-electron chi connectivity index (χ1n) is 7.25. The van der Waals surface area contributed by atoms with E-state index < -0.39 is 11.8 Å². The molecule has 0 unspecified atom stereocenters. The van der Waals surface area contributed by atoms with Crippen molar-refractivity contribution in [2.24, 2.45) is 0 Å². The minimum Gasteiger partial charge on any atom is -0.483 e. The van der Waals surface area contributed by atoms with Gasteiger partial charge in [-0.3, -0.25) is 20.4 Å². The molecule has 2 aromatic rings. The average Bonchev–Trinajstić information content (AvgIpc) is 2.58. The van der Waals surface area contributed by atoms with Gasteiger partial charge in [0.15, 0.2) is 6.61 Å². The van der Waals surface area contributed by atoms with E-state index in [4.69, 9.17) is 4.74 Å². The number of nitrogens with one attached hydrogen (secondary N) is 2. The summed E-state index contributed by atoms with van der Waals surface area (Å²) >= 11 is 3.36. The van der Waals surface area contributed by atoms with E-state index in [0.717, 1.165) is 15.6 Å². The number of halogens is 1. The Bertz CT molecular complexity index is 745. The smallest absolute Gasteiger partial charge is 0.276 e. The normalized spacial score (nSPS) is 10.4. The van der Waals surface area contributed by atoms with Crippen LogP contribution in [0.5, 0.6) is 5.75 Å². The van der Waals surface area contributed by atoms with Gasteiger partial charge in [0.2, 0.25) is 0 Å². The highest BCUT2D eigenvalue weighted by Crippen LogP contribution is 2.21. The standard InChI is InChI=1S/C18H17BrN2O3/c1-13-11-15(19)8-9-16(13)24-12-18(23)21-20-17(22)10-7-14-5-3-2-4-6-14/h2-11H,12H2,1H3,(H,20,22)(H,21,23)/b10-7+. The fourth-order valence-electron chi connectivity index (χ4n) is 1.86. The molecule has 0 aliphatic rings. The predicted octanol–water partition coefficient (Wildman–Crippen LogP) is 3.00. The first-order chi connectivity index (χ1) is 11.5. The van der Waals surface area contributed by atoms with Crippen molar-refractivity contribution in [1.82, 2.24) is 10.9 Å². The number of amides is 2. The molecule has 0 bridgehead atoms. The summed E-state index contributed by atoms with van der Waals surface area (Å²) in [5, 5.41) is 0. The lowest BCUT2D eigenvalue weighted by Crippen LogP contribution is -2.43. The average molecular weight is 389 g/mol. The van der Waals surface area contributed by atoms with Crippen LogP contribution in [0.1, 0.15) is 11.1 Å². The van der Waals surface area contributed by atoms with Gasteiger partial charge < -0.3 is 4.74 Å². The summed E-state index contributed by atoms with van der Waals surface area (Å²) in [5.74, 6) is -0.255. The highest BCUT2D eigenvalue weighted by molar-refractivity contribution is 9.10. The zero-order chi connectivity index (χ0) is 17.4. The Morgan fingerprint density at radius 3 is 2.58 bits per heavy atom. The van der Waals surface area contributed by atoms with Gasteiger partial charge in [0.1, 0.15) is 5.75 Å². The van der Waals surface area contributed by atoms with Gasteiger partial charge in [-0.25, -0.2) is 0 Å². The number of hydrazine groups is 1. The van der Waals surface area contributed by atoms with Crippen molar-refractivity contribution >= 4 is 33.8 Å². The van der Waals surface area contributed by atoms with Crippen molar-refractivity contribution in [2.45, 2.75) is 6.92 Å². The molecule has 124 valence electrons. The fraction of sp³-hybridized carbons (Fsp3) is 0.111. The van der Waals surface area contributed by atoms with E-state index in [-0.39, 0.29) is 6.61 Å². The maximum atomic E-state index is 11.7. The molecule has 0 spiro atoms. The third-order valence-electron chi connectivity index (χ3n) is 3.05. The van der Waals surface area contributed by atoms with Crippen LogP contribution in [0.25, 0.3) is 6.08 Å². The molecular weight excluding hydrogens is 372 g/mol. The van der Waals surface area contributed by atoms with Crippen LogP contribution in [0.2, 0.25) is 0 Å². The number of carbonyl (C=O) groups is 2. The predicted molar refractivity (Wildman–Crippen MR) is 96.1 cm³/mol. The maximum Gasteiger partial charge on any atom is 0.276 e. The molecule has 0 atom stereocenters. The molecule has 5 nitrogen and oxygen atoms in total. The van der Waals surface area contributed by atoms with Gasteiger partial charge >= 0.3 is 0 Å². The van der Waals surface area contributed by atoms with E-state index >= 15 is 0 Å². The molecule has 0 heterocycles. The van der Waals surface area contributed by atoms with Crippen LogP contribution in [-0.2, 0) is 9.59 Å². The van der Waals surface area contributed by atoms with Gasteiger partial charge in [-0.05, 0) is 42.3 Å². The summed E-state index contributed by atoms with van der Waals surface area (Å²) in [4.78, 5) is 23.3. The molecule has 0 aliphatic heterocycles. The summed E-state index contributed by atoms with van der Waals surface area (Å²) in [6.45, 7) is 1.69. The van der Waals surface area contributed by atoms with Crippen molar-refractivity contribution in [3.8, 4) is 5.75 Å². The molecule has 6 heteroatoms. The summed E-state index contributed by atoms with van der Waals surface area (Å²) in [7, 11) is 0. The Balaban J connectivity index is 1.74. The van der Waals surface area contributed by atoms with E-state index in [1.165, 1.54) is 6.08 Å². The van der Waals surface area contributed by atoms with Gasteiger partial charge in [0.05, 0.1) is 0 Å². The molecule has 2 aromatic carbocycles. The Morgan fingerprint density at radius 2 is 1.88 bits per heavy atom. The maximum absolute atomic E-state index is 11.7. The van der Waals surface area contributed by atoms with Crippen molar-refractivity contribution in [3.63, 3.8) is 0 Å². The second-order valence-electron chi connectivity index (χ2n) is 4.98. The summed E-state index contributed by atoms with van der Waals surface area (Å²) in [5.41, 5.74) is 6.40. The van der Waals surface area contributed by atoms with Crippen molar-refractivity contribution in [3.05, 3.63) is 70.2 Å². The zero-order valence-corrected chi connectivity index (χ0v) is 14.7. The van der Waals surface area contributed by atoms with E-state index in [0.29, 0.717) is 5.75 Å². The molecule has 0 radical (unpaired) electrons. The molecule has 0 saturated carbocycles. The first kappa shape index (κ1) is 17.7. The number of ether oxygens (including phenoxy) is 1. The first-order valence-corrected chi connectivity index (χ1v) is 8.05. The molecule has 0 aliphatic carbocycles. The van der Waals surface area contributed by atoms with Gasteiger partial charge in [0.25, 0.3) is 11.8 Å². The van der Waals surface area contributed by atoms with Gasteiger partial charge in [-0.2, -0.15) is 0 Å². The lowest BCUT2D eigenvalue weighted by atomic mass is 10.2. The van der Waals surface area contributed by atoms with Crippen LogP contribution in [0.4, 0.5) is 0 Å². The highest BCUT2D eigenvalue weighted by atomic mass is 79.9. The molecule has 24 heavy (non-hydrogen) atoms. The van der Waals surface area contributed by atoms with Gasteiger partial charge in [-0.1, -0.05) is 46.3 Å². The number of rotatable bonds is 5. The zero-order valence-electron chi connectivity index (χ0n) is 13.1. The number of hydrogen-bond donors (Lipinski definition) is 2. The summed E-state index contributed by atoms with van der Waals surface area (Å²) in [6, 6.07) is 14.9. The largest absolute Gasteiger partial charge is 0.483 e. The van der Waals surface area contributed by atoms with Crippen LogP contribution < -0.4 is 15.6 Å². The minimum absolute atomic E-state index is 0.189. The molecule has 0 aromatic heterocycles. The SMILES string of the molecule is Cc1cc(Br)ccc1OCC(=O)NNC(=O)/C=C/c1ccccc1. The van der Waals surface area contributed by atoms with E-state index in [1.54, 1.807) is 12.1 Å². The lowest BCUT2D eigenvalue weighted by Gasteiger charge is -2.09. The summed E-state index contributed by atoms with van der Waals surface area (Å²) in [6.07, 6.45) is 3.00. The Labute approximate surface area is 148 Å². The third kappa shape index (κ3) is 5.89. The van der Waals surface area contributed by atoms with Crippen molar-refractivity contribution in [1.29, 1.82) is 0 Å². The fourth-order valence-corrected chi connectivity index (χ4v) is 2.34. The van der Waals surface area contributed by atoms with Crippen molar-refractivity contribution < 1.29 is 14.3 Å². The third-order valence-corrected chi connectivity index (χ3v) is 3.54. The molecule has 2 amide bonds. The van der Waals surface area contributed by atoms with Crippen LogP contribution >= 0.6 is 15.9 Å². The van der Waals surface area contributed by atoms with Crippen LogP contribution in [0.15, 0.2) is 59.1 Å². The van der Waals surface area contributed by atoms with Gasteiger partial charge in [0, 0.05) is 10.5 Å². The molecular formula is C18H17BrN2O3. The number of carbonyl (C=O) groups excluding carboxylic acids is 2. The second-order valence-corrected chi connectivity index (χ2v) is 5.90. The molecule has 2 rings (SSSR count). The molecule has 2 N–H and O–H groups in total. The highest BCUT2D eigenvalue weighted by Gasteiger charge is 2.06. The number of hydrogen-bond acceptors (Lipinski definition) is 3. The Hall–Kier alpha value is -2.60. The topological polar surface area (TPSA) is 67.4 Å². The van der Waals surface area contributed by atoms with Crippen LogP contribution in [-0.4, -0.2) is 18.4 Å². The summed E-state index contributed by atoms with van der Waals surface area (Å²) < 4.78 is 6.35. The van der Waals surface area contributed by atoms with Crippen LogP contribution in [0, 0.1) is 6.92 Å². The Morgan fingerprint density at radius 1 is 1.12 bits per heavy atom. The van der Waals surface area contributed by atoms with E-state index in [2.05, 4.69) is 26.8 Å². The van der Waals surface area contributed by atoms with Crippen molar-refractivity contribution in [2.75, 3.05) is 6.61 Å². The Kier molecular flexibility index (Phi) is 6.57. The molecule has 0 saturated heterocycles. The van der Waals surface area contributed by atoms with Crippen LogP contribution in [0.3, 0.4) is 0 Å². The second kappa shape index (κ2) is 8.88. The minimum atomic E-state index is -0.446. The lowest BCUT2D eigenvalue weighted by molar-refractivity contribution is -0.128. The quantitative estimate of drug-likeness (QED) is 0.610. The number of benzene rings is 2. The van der Waals surface area contributed by atoms with Gasteiger partial charge in [-0.15, -0.1) is 0 Å². The molecule has 0 fully saturated rings. The number of aryl methyl sites for hydroxylation is 1. The monoisotopic (exact) mass is 388 g/mol. The van der Waals surface area contributed by atoms with E-state index in [1.807, 2.05) is 49.4 Å². The van der Waals surface area contributed by atoms with E-state index in [9.17, 15) is 9.59 Å².